The van der Waals surface area contributed by atoms with Gasteiger partial charge >= 0.3 is 6.72 Å². The molecule has 0 amide bonds. The van der Waals surface area contributed by atoms with Crippen molar-refractivity contribution < 1.29 is 22.0 Å². The van der Waals surface area contributed by atoms with Crippen molar-refractivity contribution >= 4 is 28.4 Å². The molecule has 0 aliphatic heterocycles. The van der Waals surface area contributed by atoms with E-state index in [1.54, 1.807) is 6.92 Å². The van der Waals surface area contributed by atoms with Crippen LogP contribution in [0.4, 0.5) is 0 Å². The van der Waals surface area contributed by atoms with Crippen LogP contribution < -0.4 is 0 Å². The van der Waals surface area contributed by atoms with Gasteiger partial charge in [-0.3, -0.25) is 0 Å². The monoisotopic (exact) mass is 262 g/mol. The molecule has 0 aromatic rings. The average molecular weight is 262 g/mol. The van der Waals surface area contributed by atoms with Crippen molar-refractivity contribution in [3.8, 4) is 0 Å². The van der Waals surface area contributed by atoms with Crippen LogP contribution in [0.3, 0.4) is 0 Å². The highest BCUT2D eigenvalue weighted by atomic mass is 32.5. The highest BCUT2D eigenvalue weighted by molar-refractivity contribution is 8.07. The van der Waals surface area contributed by atoms with E-state index in [0.29, 0.717) is 0 Å². The van der Waals surface area contributed by atoms with Gasteiger partial charge in [-0.15, -0.1) is 0 Å². The summed E-state index contributed by atoms with van der Waals surface area (Å²) in [6.45, 7) is -1.12. The third kappa shape index (κ3) is 5.38. The molecule has 0 aliphatic carbocycles. The Labute approximate surface area is 89.9 Å². The summed E-state index contributed by atoms with van der Waals surface area (Å²) < 4.78 is 36.9. The zero-order chi connectivity index (χ0) is 11.2. The van der Waals surface area contributed by atoms with Crippen LogP contribution in [-0.2, 0) is 35.2 Å². The summed E-state index contributed by atoms with van der Waals surface area (Å²) in [6, 6.07) is 0. The van der Waals surface area contributed by atoms with Gasteiger partial charge < -0.3 is 13.6 Å². The first-order valence-corrected chi connectivity index (χ1v) is 8.33. The van der Waals surface area contributed by atoms with Gasteiger partial charge in [-0.25, -0.2) is 8.42 Å². The van der Waals surface area contributed by atoms with Crippen molar-refractivity contribution in [2.45, 2.75) is 6.92 Å². The van der Waals surface area contributed by atoms with Gasteiger partial charge in [-0.2, -0.15) is 0 Å². The Kier molecular flexibility index (Phi) is 6.36. The normalized spacial score (nSPS) is 13.1. The molecule has 8 heteroatoms. The molecule has 0 bridgehead atoms. The molecule has 5 nitrogen and oxygen atoms in total. The summed E-state index contributed by atoms with van der Waals surface area (Å²) in [7, 11) is -0.276. The summed E-state index contributed by atoms with van der Waals surface area (Å²) in [5.74, 6) is 0.0355. The van der Waals surface area contributed by atoms with Crippen molar-refractivity contribution in [2.75, 3.05) is 32.3 Å². The Bertz CT molecular complexity index is 291. The van der Waals surface area contributed by atoms with Crippen LogP contribution >= 0.6 is 6.72 Å². The minimum absolute atomic E-state index is 0.00906. The quantitative estimate of drug-likeness (QED) is 0.637. The zero-order valence-electron chi connectivity index (χ0n) is 8.43. The Morgan fingerprint density at radius 2 is 1.79 bits per heavy atom. The van der Waals surface area contributed by atoms with E-state index in [1.807, 2.05) is 0 Å². The van der Waals surface area contributed by atoms with E-state index < -0.39 is 16.6 Å². The van der Waals surface area contributed by atoms with Crippen LogP contribution in [0.25, 0.3) is 0 Å². The van der Waals surface area contributed by atoms with Crippen molar-refractivity contribution in [3.05, 3.63) is 0 Å². The van der Waals surface area contributed by atoms with E-state index in [-0.39, 0.29) is 18.1 Å². The molecule has 0 radical (unpaired) electrons. The van der Waals surface area contributed by atoms with Crippen molar-refractivity contribution in [2.24, 2.45) is 0 Å². The molecule has 0 saturated carbocycles. The Balaban J connectivity index is 4.03. The van der Waals surface area contributed by atoms with Gasteiger partial charge in [0.1, 0.15) is 0 Å². The minimum atomic E-state index is -3.02. The van der Waals surface area contributed by atoms with E-state index >= 15 is 0 Å². The minimum Gasteiger partial charge on any atom is -0.312 e. The van der Waals surface area contributed by atoms with E-state index in [0.717, 1.165) is 0 Å². The molecule has 0 fully saturated rings. The standard InChI is InChI=1S/C6H15O5PS2/c1-4-14(7,8)6-5-11-12(13,9-2)10-3/h4-6H2,1-3H3. The predicted molar refractivity (Wildman–Crippen MR) is 58.6 cm³/mol. The van der Waals surface area contributed by atoms with Crippen LogP contribution in [-0.4, -0.2) is 40.7 Å². The SMILES string of the molecule is CCS(=O)(=O)CCOP(=S)(OC)OC. The lowest BCUT2D eigenvalue weighted by Gasteiger charge is -2.16. The first-order valence-electron chi connectivity index (χ1n) is 3.95. The van der Waals surface area contributed by atoms with E-state index in [4.69, 9.17) is 25.4 Å². The lowest BCUT2D eigenvalue weighted by atomic mass is 10.9. The van der Waals surface area contributed by atoms with Crippen LogP contribution in [0.1, 0.15) is 6.92 Å². The summed E-state index contributed by atoms with van der Waals surface area (Å²) in [5.41, 5.74) is 0. The first-order chi connectivity index (χ1) is 6.39. The van der Waals surface area contributed by atoms with Gasteiger partial charge in [0.05, 0.1) is 12.4 Å². The maximum absolute atomic E-state index is 11.1. The fraction of sp³-hybridized carbons (Fsp3) is 1.00. The van der Waals surface area contributed by atoms with Gasteiger partial charge in [0.2, 0.25) is 0 Å². The molecule has 0 aromatic carbocycles. The summed E-state index contributed by atoms with van der Waals surface area (Å²) in [6.07, 6.45) is 0. The third-order valence-electron chi connectivity index (χ3n) is 1.53. The fourth-order valence-electron chi connectivity index (χ4n) is 0.600. The molecule has 0 atom stereocenters. The maximum atomic E-state index is 11.1. The molecule has 0 saturated heterocycles. The lowest BCUT2D eigenvalue weighted by molar-refractivity contribution is 0.211. The molecular weight excluding hydrogens is 247 g/mol. The van der Waals surface area contributed by atoms with Gasteiger partial charge in [-0.05, 0) is 11.8 Å². The molecule has 0 heterocycles. The Morgan fingerprint density at radius 1 is 1.29 bits per heavy atom. The maximum Gasteiger partial charge on any atom is 0.326 e. The molecular formula is C6H15O5PS2. The van der Waals surface area contributed by atoms with Crippen molar-refractivity contribution in [1.82, 2.24) is 0 Å². The van der Waals surface area contributed by atoms with Crippen LogP contribution in [0.15, 0.2) is 0 Å². The Morgan fingerprint density at radius 3 is 2.14 bits per heavy atom. The number of hydrogen-bond acceptors (Lipinski definition) is 6. The van der Waals surface area contributed by atoms with Gasteiger partial charge in [0.15, 0.2) is 9.84 Å². The molecule has 0 rings (SSSR count). The van der Waals surface area contributed by atoms with Crippen LogP contribution in [0.5, 0.6) is 0 Å². The van der Waals surface area contributed by atoms with Gasteiger partial charge in [0.25, 0.3) is 0 Å². The van der Waals surface area contributed by atoms with E-state index in [1.165, 1.54) is 14.2 Å². The largest absolute Gasteiger partial charge is 0.326 e. The average Bonchev–Trinajstić information content (AvgIpc) is 2.17. The highest BCUT2D eigenvalue weighted by Crippen LogP contribution is 2.47. The molecule has 0 aliphatic rings. The smallest absolute Gasteiger partial charge is 0.312 e. The summed E-state index contributed by atoms with van der Waals surface area (Å²) in [5, 5.41) is 0. The molecule has 0 unspecified atom stereocenters. The molecule has 0 spiro atoms. The van der Waals surface area contributed by atoms with E-state index in [2.05, 4.69) is 0 Å². The summed E-state index contributed by atoms with van der Waals surface area (Å²) in [4.78, 5) is 0. The first kappa shape index (κ1) is 14.5. The zero-order valence-corrected chi connectivity index (χ0v) is 11.0. The second-order valence-electron chi connectivity index (χ2n) is 2.38. The number of rotatable bonds is 7. The van der Waals surface area contributed by atoms with Crippen LogP contribution in [0, 0.1) is 0 Å². The van der Waals surface area contributed by atoms with Gasteiger partial charge in [0, 0.05) is 20.0 Å². The third-order valence-corrected chi connectivity index (χ3v) is 5.80. The fourth-order valence-corrected chi connectivity index (χ4v) is 2.25. The van der Waals surface area contributed by atoms with Crippen LogP contribution in [0.2, 0.25) is 0 Å². The topological polar surface area (TPSA) is 61.8 Å². The number of sulfone groups is 1. The van der Waals surface area contributed by atoms with Crippen molar-refractivity contribution in [1.29, 1.82) is 0 Å². The highest BCUT2D eigenvalue weighted by Gasteiger charge is 2.17. The van der Waals surface area contributed by atoms with E-state index in [9.17, 15) is 8.42 Å². The second kappa shape index (κ2) is 6.15. The van der Waals surface area contributed by atoms with Gasteiger partial charge in [-0.1, -0.05) is 6.92 Å². The lowest BCUT2D eigenvalue weighted by Crippen LogP contribution is -2.13. The molecule has 14 heavy (non-hydrogen) atoms. The molecule has 0 aromatic heterocycles. The van der Waals surface area contributed by atoms with Crippen molar-refractivity contribution in [3.63, 3.8) is 0 Å². The Hall–Kier alpha value is 0.480. The number of hydrogen-bond donors (Lipinski definition) is 0. The second-order valence-corrected chi connectivity index (χ2v) is 8.08. The molecule has 0 N–H and O–H groups in total. The summed E-state index contributed by atoms with van der Waals surface area (Å²) >= 11 is 4.88. The predicted octanol–water partition coefficient (Wildman–Crippen LogP) is 0.955. The molecule has 86 valence electrons.